The zero-order chi connectivity index (χ0) is 13.1. The molecule has 0 aromatic rings. The van der Waals surface area contributed by atoms with Crippen LogP contribution in [0.1, 0.15) is 26.2 Å². The molecule has 0 aliphatic heterocycles. The predicted molar refractivity (Wildman–Crippen MR) is 66.7 cm³/mol. The highest BCUT2D eigenvalue weighted by molar-refractivity contribution is 7.85. The molecule has 0 rings (SSSR count). The monoisotopic (exact) mass is 285 g/mol. The summed E-state index contributed by atoms with van der Waals surface area (Å²) in [6.45, 7) is 2.57. The minimum atomic E-state index is -4.18. The number of quaternary nitrogens is 1. The Hall–Kier alpha value is -0.540. The average molecular weight is 285 g/mol. The van der Waals surface area contributed by atoms with Gasteiger partial charge >= 0.3 is 0 Å². The summed E-state index contributed by atoms with van der Waals surface area (Å²) < 4.78 is 40.7. The summed E-state index contributed by atoms with van der Waals surface area (Å²) in [6, 6.07) is 0. The topological polar surface area (TPSA) is 129 Å². The van der Waals surface area contributed by atoms with E-state index in [9.17, 15) is 17.8 Å². The van der Waals surface area contributed by atoms with Crippen molar-refractivity contribution in [1.82, 2.24) is 6.15 Å². The molecule has 0 heterocycles. The second-order valence-corrected chi connectivity index (χ2v) is 5.14. The average Bonchev–Trinajstić information content (AvgIpc) is 2.22. The van der Waals surface area contributed by atoms with Gasteiger partial charge in [-0.3, -0.25) is 4.79 Å². The van der Waals surface area contributed by atoms with Crippen LogP contribution in [0.2, 0.25) is 0 Å². The van der Waals surface area contributed by atoms with Gasteiger partial charge in [0, 0.05) is 19.0 Å². The number of hydrogen-bond donors (Lipinski definition) is 1. The highest BCUT2D eigenvalue weighted by Gasteiger charge is 2.02. The highest BCUT2D eigenvalue weighted by atomic mass is 32.2. The van der Waals surface area contributed by atoms with Crippen molar-refractivity contribution >= 4 is 15.9 Å². The molecule has 0 aliphatic rings. The van der Waals surface area contributed by atoms with Gasteiger partial charge in [-0.05, 0) is 12.8 Å². The summed E-state index contributed by atoms with van der Waals surface area (Å²) in [5.41, 5.74) is 0. The van der Waals surface area contributed by atoms with Crippen molar-refractivity contribution in [1.29, 1.82) is 0 Å². The van der Waals surface area contributed by atoms with Crippen LogP contribution < -0.4 is 6.15 Å². The Labute approximate surface area is 108 Å². The van der Waals surface area contributed by atoms with Crippen LogP contribution in [0.5, 0.6) is 0 Å². The molecule has 0 bridgehead atoms. The first kappa shape index (κ1) is 19.8. The smallest absolute Gasteiger partial charge is 0.183 e. The molecule has 0 spiro atoms. The number of carbonyl (C=O) groups is 1. The maximum Gasteiger partial charge on any atom is 0.183 e. The van der Waals surface area contributed by atoms with Crippen LogP contribution in [-0.4, -0.2) is 50.9 Å². The lowest BCUT2D eigenvalue weighted by atomic mass is 10.3. The van der Waals surface area contributed by atoms with Gasteiger partial charge in [0.05, 0.1) is 10.1 Å². The summed E-state index contributed by atoms with van der Waals surface area (Å²) in [4.78, 5) is 11.1. The number of ketones is 1. The molecule has 0 aromatic carbocycles. The molecule has 110 valence electrons. The second kappa shape index (κ2) is 11.5. The highest BCUT2D eigenvalue weighted by Crippen LogP contribution is 1.91. The number of unbranched alkanes of at least 4 members (excludes halogenated alkanes) is 1. The van der Waals surface area contributed by atoms with E-state index in [-0.39, 0.29) is 38.2 Å². The number of Topliss-reactive ketones (excluding diaryl/α,β-unsaturated/α-hetero) is 1. The fourth-order valence-electron chi connectivity index (χ4n) is 0.998. The third-order valence-corrected chi connectivity index (χ3v) is 2.64. The van der Waals surface area contributed by atoms with Gasteiger partial charge in [0.1, 0.15) is 13.2 Å². The summed E-state index contributed by atoms with van der Waals surface area (Å²) in [5.74, 6) is -0.653. The van der Waals surface area contributed by atoms with Crippen LogP contribution in [0.3, 0.4) is 0 Å². The van der Waals surface area contributed by atoms with Gasteiger partial charge in [-0.25, -0.2) is 8.42 Å². The van der Waals surface area contributed by atoms with E-state index in [0.717, 1.165) is 12.8 Å². The molecule has 18 heavy (non-hydrogen) atoms. The molecule has 0 radical (unpaired) electrons. The SMILES string of the molecule is CCCCOCC(=O)COCCCS(=O)(=O)[O-].[NH4+]. The normalized spacial score (nSPS) is 11.0. The van der Waals surface area contributed by atoms with Crippen molar-refractivity contribution < 1.29 is 27.2 Å². The summed E-state index contributed by atoms with van der Waals surface area (Å²) >= 11 is 0. The first-order chi connectivity index (χ1) is 7.95. The molecular weight excluding hydrogens is 262 g/mol. The Morgan fingerprint density at radius 2 is 1.61 bits per heavy atom. The van der Waals surface area contributed by atoms with Crippen LogP contribution in [0, 0.1) is 0 Å². The van der Waals surface area contributed by atoms with Gasteiger partial charge in [-0.2, -0.15) is 0 Å². The maximum atomic E-state index is 11.1. The first-order valence-electron chi connectivity index (χ1n) is 5.56. The number of ether oxygens (including phenoxy) is 2. The molecule has 0 amide bonds. The molecule has 0 aromatic heterocycles. The van der Waals surface area contributed by atoms with Gasteiger partial charge in [0.2, 0.25) is 0 Å². The van der Waals surface area contributed by atoms with E-state index < -0.39 is 15.9 Å². The molecule has 0 saturated heterocycles. The largest absolute Gasteiger partial charge is 0.748 e. The lowest BCUT2D eigenvalue weighted by Gasteiger charge is -2.07. The zero-order valence-corrected chi connectivity index (χ0v) is 11.8. The van der Waals surface area contributed by atoms with Crippen LogP contribution in [0.15, 0.2) is 0 Å². The minimum Gasteiger partial charge on any atom is -0.748 e. The van der Waals surface area contributed by atoms with E-state index in [2.05, 4.69) is 0 Å². The standard InChI is InChI=1S/C10H20O6S.H3N/c1-2-3-5-15-8-10(11)9-16-6-4-7-17(12,13)14;/h2-9H2,1H3,(H,12,13,14);1H3. The van der Waals surface area contributed by atoms with E-state index in [1.807, 2.05) is 6.92 Å². The van der Waals surface area contributed by atoms with E-state index in [4.69, 9.17) is 9.47 Å². The van der Waals surface area contributed by atoms with Crippen molar-refractivity contribution in [3.63, 3.8) is 0 Å². The van der Waals surface area contributed by atoms with Crippen LogP contribution in [-0.2, 0) is 24.4 Å². The molecule has 4 N–H and O–H groups in total. The third kappa shape index (κ3) is 15.5. The first-order valence-corrected chi connectivity index (χ1v) is 7.14. The molecule has 7 nitrogen and oxygen atoms in total. The number of rotatable bonds is 11. The predicted octanol–water partition coefficient (Wildman–Crippen LogP) is 0.700. The Balaban J connectivity index is 0. The van der Waals surface area contributed by atoms with E-state index >= 15 is 0 Å². The molecule has 0 saturated carbocycles. The molecule has 0 atom stereocenters. The summed E-state index contributed by atoms with van der Waals surface area (Å²) in [5, 5.41) is 0. The Kier molecular flexibility index (Phi) is 12.7. The van der Waals surface area contributed by atoms with Crippen LogP contribution in [0.4, 0.5) is 0 Å². The Bertz CT molecular complexity index is 303. The Morgan fingerprint density at radius 1 is 1.11 bits per heavy atom. The van der Waals surface area contributed by atoms with Crippen molar-refractivity contribution in [2.45, 2.75) is 26.2 Å². The molecule has 0 aliphatic carbocycles. The second-order valence-electron chi connectivity index (χ2n) is 3.61. The molecule has 0 unspecified atom stereocenters. The van der Waals surface area contributed by atoms with Gasteiger partial charge < -0.3 is 20.2 Å². The van der Waals surface area contributed by atoms with Gasteiger partial charge in [-0.1, -0.05) is 13.3 Å². The fourth-order valence-corrected chi connectivity index (χ4v) is 1.47. The number of hydrogen-bond acceptors (Lipinski definition) is 6. The van der Waals surface area contributed by atoms with Crippen molar-refractivity contribution in [2.24, 2.45) is 0 Å². The van der Waals surface area contributed by atoms with Gasteiger partial charge in [0.25, 0.3) is 0 Å². The quantitative estimate of drug-likeness (QED) is 0.439. The van der Waals surface area contributed by atoms with Crippen molar-refractivity contribution in [2.75, 3.05) is 32.2 Å². The fraction of sp³-hybridized carbons (Fsp3) is 0.900. The van der Waals surface area contributed by atoms with E-state index in [1.54, 1.807) is 0 Å². The minimum absolute atomic E-state index is 0. The lowest BCUT2D eigenvalue weighted by Crippen LogP contribution is -2.17. The van der Waals surface area contributed by atoms with E-state index in [1.165, 1.54) is 0 Å². The van der Waals surface area contributed by atoms with Gasteiger partial charge in [0.15, 0.2) is 5.78 Å². The van der Waals surface area contributed by atoms with Crippen LogP contribution in [0.25, 0.3) is 0 Å². The van der Waals surface area contributed by atoms with Gasteiger partial charge in [-0.15, -0.1) is 0 Å². The lowest BCUT2D eigenvalue weighted by molar-refractivity contribution is -0.128. The van der Waals surface area contributed by atoms with Crippen LogP contribution >= 0.6 is 0 Å². The maximum absolute atomic E-state index is 11.1. The summed E-state index contributed by atoms with van der Waals surface area (Å²) in [7, 11) is -4.18. The molecule has 0 fully saturated rings. The summed E-state index contributed by atoms with van der Waals surface area (Å²) in [6.07, 6.45) is 2.03. The van der Waals surface area contributed by atoms with Crippen molar-refractivity contribution in [3.8, 4) is 0 Å². The Morgan fingerprint density at radius 3 is 2.06 bits per heavy atom. The van der Waals surface area contributed by atoms with Crippen molar-refractivity contribution in [3.05, 3.63) is 0 Å². The zero-order valence-electron chi connectivity index (χ0n) is 11.0. The number of carbonyl (C=O) groups excluding carboxylic acids is 1. The molecular formula is C10H23NO6S. The third-order valence-electron chi connectivity index (χ3n) is 1.85. The van der Waals surface area contributed by atoms with E-state index in [0.29, 0.717) is 6.61 Å². The molecule has 8 heteroatoms.